The number of aliphatic hydroxyl groups is 2. The first-order valence-corrected chi connectivity index (χ1v) is 9.84. The molecule has 2 aromatic heterocycles. The molecule has 2 aliphatic rings. The van der Waals surface area contributed by atoms with Crippen molar-refractivity contribution in [3.8, 4) is 11.5 Å². The van der Waals surface area contributed by atoms with Gasteiger partial charge in [-0.15, -0.1) is 0 Å². The van der Waals surface area contributed by atoms with Crippen LogP contribution in [0.25, 0.3) is 11.5 Å². The largest absolute Gasteiger partial charge is 0.388 e. The van der Waals surface area contributed by atoms with Crippen molar-refractivity contribution >= 4 is 5.91 Å². The molecule has 5 rings (SSSR count). The summed E-state index contributed by atoms with van der Waals surface area (Å²) in [5, 5.41) is 25.1. The molecule has 8 nitrogen and oxygen atoms in total. The lowest BCUT2D eigenvalue weighted by Gasteiger charge is -2.40. The Morgan fingerprint density at radius 2 is 1.90 bits per heavy atom. The molecule has 0 spiro atoms. The van der Waals surface area contributed by atoms with Gasteiger partial charge in [-0.05, 0) is 48.7 Å². The zero-order valence-electron chi connectivity index (χ0n) is 16.2. The van der Waals surface area contributed by atoms with E-state index in [4.69, 9.17) is 4.52 Å². The molecule has 1 aromatic carbocycles. The molecular weight excluding hydrogens is 410 g/mol. The van der Waals surface area contributed by atoms with Gasteiger partial charge in [-0.3, -0.25) is 4.79 Å². The van der Waals surface area contributed by atoms with E-state index in [2.05, 4.69) is 15.1 Å². The number of pyridine rings is 1. The first-order valence-electron chi connectivity index (χ1n) is 9.84. The monoisotopic (exact) mass is 428 g/mol. The number of fused-ring (bicyclic) bond motifs is 2. The quantitative estimate of drug-likeness (QED) is 0.644. The molecule has 3 aromatic rings. The van der Waals surface area contributed by atoms with Crippen LogP contribution in [0.1, 0.15) is 46.7 Å². The maximum absolute atomic E-state index is 13.7. The number of carbonyl (C=O) groups excluding carboxylic acids is 1. The summed E-state index contributed by atoms with van der Waals surface area (Å²) in [7, 11) is 0. The fourth-order valence-electron chi connectivity index (χ4n) is 4.32. The maximum atomic E-state index is 13.7. The summed E-state index contributed by atoms with van der Waals surface area (Å²) in [6.07, 6.45) is -0.659. The van der Waals surface area contributed by atoms with Gasteiger partial charge in [-0.1, -0.05) is 5.16 Å². The van der Waals surface area contributed by atoms with Gasteiger partial charge in [-0.25, -0.2) is 13.8 Å². The van der Waals surface area contributed by atoms with E-state index in [1.165, 1.54) is 23.1 Å². The van der Waals surface area contributed by atoms with Crippen molar-refractivity contribution in [2.45, 2.75) is 37.0 Å². The fourth-order valence-corrected chi connectivity index (χ4v) is 4.32. The van der Waals surface area contributed by atoms with Crippen molar-refractivity contribution in [2.24, 2.45) is 0 Å². The highest BCUT2D eigenvalue weighted by Gasteiger charge is 2.44. The average molecular weight is 428 g/mol. The van der Waals surface area contributed by atoms with Crippen LogP contribution in [-0.4, -0.2) is 54.8 Å². The SMILES string of the molecule is O=C1c2ccc(F)cc2C(O)[C@H](O)C2CCC(c3nc(-c4ccc(F)cn4)no3)CN12. The van der Waals surface area contributed by atoms with Crippen LogP contribution in [0, 0.1) is 11.6 Å². The second-order valence-corrected chi connectivity index (χ2v) is 7.78. The van der Waals surface area contributed by atoms with E-state index in [0.29, 0.717) is 24.4 Å². The third kappa shape index (κ3) is 3.37. The topological polar surface area (TPSA) is 113 Å². The molecule has 1 amide bonds. The molecule has 10 heteroatoms. The number of piperidine rings is 1. The first-order chi connectivity index (χ1) is 14.9. The number of rotatable bonds is 2. The Labute approximate surface area is 175 Å². The number of halogens is 2. The first kappa shape index (κ1) is 19.7. The summed E-state index contributed by atoms with van der Waals surface area (Å²) >= 11 is 0. The zero-order valence-corrected chi connectivity index (χ0v) is 16.2. The number of nitrogens with zero attached hydrogens (tertiary/aromatic N) is 4. The Morgan fingerprint density at radius 1 is 1.10 bits per heavy atom. The van der Waals surface area contributed by atoms with E-state index in [1.54, 1.807) is 0 Å². The molecule has 2 N–H and O–H groups in total. The maximum Gasteiger partial charge on any atom is 0.254 e. The zero-order chi connectivity index (χ0) is 21.7. The molecule has 3 unspecified atom stereocenters. The molecule has 160 valence electrons. The van der Waals surface area contributed by atoms with Gasteiger partial charge in [0.2, 0.25) is 11.7 Å². The number of hydrogen-bond donors (Lipinski definition) is 2. The molecule has 31 heavy (non-hydrogen) atoms. The van der Waals surface area contributed by atoms with Crippen LogP contribution in [0.5, 0.6) is 0 Å². The number of carbonyl (C=O) groups is 1. The molecule has 0 saturated carbocycles. The normalized spacial score (nSPS) is 25.7. The molecule has 4 atom stereocenters. The van der Waals surface area contributed by atoms with Gasteiger partial charge in [0.15, 0.2) is 0 Å². The average Bonchev–Trinajstić information content (AvgIpc) is 3.25. The second-order valence-electron chi connectivity index (χ2n) is 7.78. The number of aliphatic hydroxyl groups excluding tert-OH is 2. The summed E-state index contributed by atoms with van der Waals surface area (Å²) in [4.78, 5) is 22.9. The molecule has 4 heterocycles. The van der Waals surface area contributed by atoms with E-state index >= 15 is 0 Å². The summed E-state index contributed by atoms with van der Waals surface area (Å²) < 4.78 is 32.2. The van der Waals surface area contributed by atoms with Crippen LogP contribution < -0.4 is 0 Å². The standard InChI is InChI=1S/C21H18F2N4O4/c22-11-2-4-13-14(7-11)17(28)18(29)16-6-1-10(9-27(16)21(13)30)20-25-19(26-31-20)15-5-3-12(23)8-24-15/h2-5,7-8,10,16-18,28-29H,1,6,9H2/t10?,16?,17?,18-/m1/s1. The second kappa shape index (κ2) is 7.47. The lowest BCUT2D eigenvalue weighted by molar-refractivity contribution is -0.0421. The number of aromatic nitrogens is 3. The molecule has 0 bridgehead atoms. The summed E-state index contributed by atoms with van der Waals surface area (Å²) in [5.41, 5.74) is 0.578. The number of benzene rings is 1. The Hall–Kier alpha value is -3.24. The van der Waals surface area contributed by atoms with E-state index in [-0.39, 0.29) is 29.4 Å². The smallest absolute Gasteiger partial charge is 0.254 e. The minimum absolute atomic E-state index is 0.0749. The Morgan fingerprint density at radius 3 is 2.68 bits per heavy atom. The van der Waals surface area contributed by atoms with E-state index in [9.17, 15) is 23.8 Å². The van der Waals surface area contributed by atoms with Crippen LogP contribution >= 0.6 is 0 Å². The van der Waals surface area contributed by atoms with Crippen molar-refractivity contribution < 1.29 is 28.3 Å². The molecule has 0 radical (unpaired) electrons. The summed E-state index contributed by atoms with van der Waals surface area (Å²) in [5.74, 6) is -1.27. The Bertz CT molecular complexity index is 1140. The Kier molecular flexibility index (Phi) is 4.75. The van der Waals surface area contributed by atoms with Crippen molar-refractivity contribution in [1.82, 2.24) is 20.0 Å². The highest BCUT2D eigenvalue weighted by atomic mass is 19.1. The Balaban J connectivity index is 1.43. The van der Waals surface area contributed by atoms with Crippen molar-refractivity contribution in [2.75, 3.05) is 6.54 Å². The van der Waals surface area contributed by atoms with Gasteiger partial charge in [0.1, 0.15) is 29.5 Å². The fraction of sp³-hybridized carbons (Fsp3) is 0.333. The van der Waals surface area contributed by atoms with Crippen LogP contribution in [0.2, 0.25) is 0 Å². The van der Waals surface area contributed by atoms with Gasteiger partial charge >= 0.3 is 0 Å². The molecule has 2 aliphatic heterocycles. The van der Waals surface area contributed by atoms with Crippen LogP contribution in [0.4, 0.5) is 8.78 Å². The van der Waals surface area contributed by atoms with Crippen LogP contribution in [0.3, 0.4) is 0 Å². The lowest BCUT2D eigenvalue weighted by atomic mass is 9.88. The molecule has 1 fully saturated rings. The van der Waals surface area contributed by atoms with Crippen LogP contribution in [-0.2, 0) is 0 Å². The molecule has 0 aliphatic carbocycles. The van der Waals surface area contributed by atoms with Gasteiger partial charge in [-0.2, -0.15) is 4.98 Å². The summed E-state index contributed by atoms with van der Waals surface area (Å²) in [6.45, 7) is 0.183. The highest BCUT2D eigenvalue weighted by molar-refractivity contribution is 5.96. The van der Waals surface area contributed by atoms with Gasteiger partial charge < -0.3 is 19.6 Å². The van der Waals surface area contributed by atoms with Crippen molar-refractivity contribution in [3.63, 3.8) is 0 Å². The highest BCUT2D eigenvalue weighted by Crippen LogP contribution is 2.38. The van der Waals surface area contributed by atoms with Crippen molar-refractivity contribution in [1.29, 1.82) is 0 Å². The third-order valence-corrected chi connectivity index (χ3v) is 5.92. The van der Waals surface area contributed by atoms with Gasteiger partial charge in [0, 0.05) is 12.1 Å². The number of hydrogen-bond acceptors (Lipinski definition) is 7. The molecular formula is C21H18F2N4O4. The van der Waals surface area contributed by atoms with E-state index < -0.39 is 35.8 Å². The van der Waals surface area contributed by atoms with Gasteiger partial charge in [0.05, 0.1) is 18.2 Å². The minimum Gasteiger partial charge on any atom is -0.388 e. The minimum atomic E-state index is -1.37. The predicted octanol–water partition coefficient (Wildman–Crippen LogP) is 2.21. The van der Waals surface area contributed by atoms with Gasteiger partial charge in [0.25, 0.3) is 5.91 Å². The summed E-state index contributed by atoms with van der Waals surface area (Å²) in [6, 6.07) is 5.60. The van der Waals surface area contributed by atoms with Crippen molar-refractivity contribution in [3.05, 3.63) is 65.2 Å². The number of amides is 1. The molecule has 1 saturated heterocycles. The lowest BCUT2D eigenvalue weighted by Crippen LogP contribution is -2.51. The van der Waals surface area contributed by atoms with E-state index in [1.807, 2.05) is 0 Å². The predicted molar refractivity (Wildman–Crippen MR) is 102 cm³/mol. The van der Waals surface area contributed by atoms with Crippen LogP contribution in [0.15, 0.2) is 41.1 Å². The van der Waals surface area contributed by atoms with E-state index in [0.717, 1.165) is 18.3 Å². The third-order valence-electron chi connectivity index (χ3n) is 5.92.